The minimum absolute atomic E-state index is 0.0753. The van der Waals surface area contributed by atoms with Gasteiger partial charge in [-0.05, 0) is 74.5 Å². The summed E-state index contributed by atoms with van der Waals surface area (Å²) in [5.41, 5.74) is 5.38. The van der Waals surface area contributed by atoms with Gasteiger partial charge in [0.05, 0.1) is 11.6 Å². The van der Waals surface area contributed by atoms with Gasteiger partial charge in [-0.3, -0.25) is 9.59 Å². The zero-order chi connectivity index (χ0) is 22.8. The van der Waals surface area contributed by atoms with Crippen molar-refractivity contribution >= 4 is 17.4 Å². The second-order valence-corrected chi connectivity index (χ2v) is 9.08. The van der Waals surface area contributed by atoms with E-state index in [1.54, 1.807) is 4.90 Å². The van der Waals surface area contributed by atoms with E-state index >= 15 is 0 Å². The number of aliphatic hydroxyl groups excluding tert-OH is 1. The van der Waals surface area contributed by atoms with Crippen LogP contribution < -0.4 is 0 Å². The van der Waals surface area contributed by atoms with Crippen LogP contribution in [0.4, 0.5) is 0 Å². The molecule has 32 heavy (non-hydrogen) atoms. The number of aliphatic hydroxyl groups is 1. The number of rotatable bonds is 6. The van der Waals surface area contributed by atoms with Gasteiger partial charge in [-0.15, -0.1) is 0 Å². The number of ketones is 1. The molecule has 1 amide bonds. The van der Waals surface area contributed by atoms with Gasteiger partial charge in [0.15, 0.2) is 0 Å². The third kappa shape index (κ3) is 4.22. The molecule has 2 aromatic rings. The van der Waals surface area contributed by atoms with Gasteiger partial charge in [-0.25, -0.2) is 0 Å². The molecule has 2 aliphatic rings. The smallest absolute Gasteiger partial charge is 0.295 e. The second kappa shape index (κ2) is 9.29. The summed E-state index contributed by atoms with van der Waals surface area (Å²) >= 11 is 0. The SMILES string of the molecule is CCc1ccc(C2/C(=C(/O)c3ccc4c(c3)CCCC4)C(=O)C(=O)N2CCN(C)C)cc1. The highest BCUT2D eigenvalue weighted by molar-refractivity contribution is 6.46. The maximum atomic E-state index is 13.1. The van der Waals surface area contributed by atoms with Crippen LogP contribution in [0.15, 0.2) is 48.0 Å². The fourth-order valence-corrected chi connectivity index (χ4v) is 4.74. The highest BCUT2D eigenvalue weighted by atomic mass is 16.3. The number of likely N-dealkylation sites (tertiary alicyclic amines) is 1. The number of hydrogen-bond donors (Lipinski definition) is 1. The summed E-state index contributed by atoms with van der Waals surface area (Å²) in [6.45, 7) is 3.14. The van der Waals surface area contributed by atoms with Crippen molar-refractivity contribution in [1.29, 1.82) is 0 Å². The van der Waals surface area contributed by atoms with Crippen LogP contribution >= 0.6 is 0 Å². The third-order valence-electron chi connectivity index (χ3n) is 6.65. The molecule has 1 unspecified atom stereocenters. The minimum atomic E-state index is -0.608. The molecule has 1 heterocycles. The van der Waals surface area contributed by atoms with Crippen molar-refractivity contribution < 1.29 is 14.7 Å². The first kappa shape index (κ1) is 22.3. The van der Waals surface area contributed by atoms with Gasteiger partial charge in [0.1, 0.15) is 5.76 Å². The molecule has 1 aliphatic carbocycles. The molecule has 1 N–H and O–H groups in total. The summed E-state index contributed by atoms with van der Waals surface area (Å²) in [6, 6.07) is 13.3. The standard InChI is InChI=1S/C27H32N2O3/c1-4-18-9-11-20(12-10-18)24-23(26(31)27(32)29(24)16-15-28(2)3)25(30)22-14-13-19-7-5-6-8-21(19)17-22/h9-14,17,24,30H,4-8,15-16H2,1-3H3/b25-23-. The van der Waals surface area contributed by atoms with Crippen molar-refractivity contribution in [3.63, 3.8) is 0 Å². The molecule has 0 spiro atoms. The highest BCUT2D eigenvalue weighted by Gasteiger charge is 2.45. The lowest BCUT2D eigenvalue weighted by molar-refractivity contribution is -0.140. The topological polar surface area (TPSA) is 60.9 Å². The van der Waals surface area contributed by atoms with E-state index in [2.05, 4.69) is 13.0 Å². The minimum Gasteiger partial charge on any atom is -0.507 e. The van der Waals surface area contributed by atoms with Crippen molar-refractivity contribution in [2.45, 2.75) is 45.1 Å². The first-order valence-corrected chi connectivity index (χ1v) is 11.5. The van der Waals surface area contributed by atoms with Crippen molar-refractivity contribution in [2.75, 3.05) is 27.2 Å². The van der Waals surface area contributed by atoms with E-state index in [0.717, 1.165) is 31.2 Å². The quantitative estimate of drug-likeness (QED) is 0.424. The summed E-state index contributed by atoms with van der Waals surface area (Å²) in [6.07, 6.45) is 5.26. The van der Waals surface area contributed by atoms with Crippen LogP contribution in [0.5, 0.6) is 0 Å². The van der Waals surface area contributed by atoms with E-state index in [9.17, 15) is 14.7 Å². The highest BCUT2D eigenvalue weighted by Crippen LogP contribution is 2.39. The van der Waals surface area contributed by atoms with E-state index in [0.29, 0.717) is 18.7 Å². The van der Waals surface area contributed by atoms with Crippen molar-refractivity contribution in [3.05, 3.63) is 75.9 Å². The number of fused-ring (bicyclic) bond motifs is 1. The van der Waals surface area contributed by atoms with Crippen molar-refractivity contribution in [1.82, 2.24) is 9.80 Å². The van der Waals surface area contributed by atoms with Crippen LogP contribution in [-0.2, 0) is 28.9 Å². The van der Waals surface area contributed by atoms with Crippen LogP contribution in [0.1, 0.15) is 53.6 Å². The number of amides is 1. The fraction of sp³-hybridized carbons (Fsp3) is 0.407. The molecule has 4 rings (SSSR count). The van der Waals surface area contributed by atoms with Gasteiger partial charge in [-0.1, -0.05) is 43.3 Å². The molecule has 2 aromatic carbocycles. The molecule has 0 radical (unpaired) electrons. The number of hydrogen-bond acceptors (Lipinski definition) is 4. The van der Waals surface area contributed by atoms with Gasteiger partial charge >= 0.3 is 0 Å². The summed E-state index contributed by atoms with van der Waals surface area (Å²) < 4.78 is 0. The summed E-state index contributed by atoms with van der Waals surface area (Å²) in [4.78, 5) is 29.8. The zero-order valence-electron chi connectivity index (χ0n) is 19.2. The first-order chi connectivity index (χ1) is 15.4. The van der Waals surface area contributed by atoms with Gasteiger partial charge in [0, 0.05) is 18.7 Å². The Morgan fingerprint density at radius 3 is 2.38 bits per heavy atom. The Balaban J connectivity index is 1.81. The maximum Gasteiger partial charge on any atom is 0.295 e. The van der Waals surface area contributed by atoms with E-state index in [1.165, 1.54) is 23.1 Å². The number of benzene rings is 2. The number of Topliss-reactive ketones (excluding diaryl/α,β-unsaturated/α-hetero) is 1. The van der Waals surface area contributed by atoms with E-state index in [-0.39, 0.29) is 11.3 Å². The van der Waals surface area contributed by atoms with Gasteiger partial charge < -0.3 is 14.9 Å². The molecule has 5 nitrogen and oxygen atoms in total. The van der Waals surface area contributed by atoms with Crippen molar-refractivity contribution in [3.8, 4) is 0 Å². The van der Waals surface area contributed by atoms with Crippen LogP contribution in [0.2, 0.25) is 0 Å². The lowest BCUT2D eigenvalue weighted by Crippen LogP contribution is -2.35. The third-order valence-corrected chi connectivity index (χ3v) is 6.65. The molecule has 1 fully saturated rings. The Kier molecular flexibility index (Phi) is 6.47. The average molecular weight is 433 g/mol. The molecular weight excluding hydrogens is 400 g/mol. The number of carbonyl (C=O) groups excluding carboxylic acids is 2. The Labute approximate surface area is 190 Å². The molecule has 0 bridgehead atoms. The summed E-state index contributed by atoms with van der Waals surface area (Å²) in [7, 11) is 3.88. The second-order valence-electron chi connectivity index (χ2n) is 9.08. The lowest BCUT2D eigenvalue weighted by Gasteiger charge is -2.27. The Bertz CT molecular complexity index is 1050. The fourth-order valence-electron chi connectivity index (χ4n) is 4.74. The molecular formula is C27H32N2O3. The van der Waals surface area contributed by atoms with Crippen LogP contribution in [0.25, 0.3) is 5.76 Å². The van der Waals surface area contributed by atoms with E-state index in [1.807, 2.05) is 55.4 Å². The molecule has 0 aromatic heterocycles. The van der Waals surface area contributed by atoms with Crippen LogP contribution in [-0.4, -0.2) is 53.8 Å². The first-order valence-electron chi connectivity index (χ1n) is 11.5. The predicted molar refractivity (Wildman–Crippen MR) is 126 cm³/mol. The zero-order valence-corrected chi connectivity index (χ0v) is 19.2. The molecule has 1 saturated heterocycles. The number of carbonyl (C=O) groups is 2. The number of nitrogens with zero attached hydrogens (tertiary/aromatic N) is 2. The monoisotopic (exact) mass is 432 g/mol. The Hall–Kier alpha value is -2.92. The molecule has 5 heteroatoms. The van der Waals surface area contributed by atoms with E-state index < -0.39 is 17.7 Å². The summed E-state index contributed by atoms with van der Waals surface area (Å²) in [5.74, 6) is -1.23. The van der Waals surface area contributed by atoms with E-state index in [4.69, 9.17) is 0 Å². The van der Waals surface area contributed by atoms with Gasteiger partial charge in [0.25, 0.3) is 11.7 Å². The molecule has 1 atom stereocenters. The van der Waals surface area contributed by atoms with Crippen molar-refractivity contribution in [2.24, 2.45) is 0 Å². The van der Waals surface area contributed by atoms with Crippen LogP contribution in [0, 0.1) is 0 Å². The van der Waals surface area contributed by atoms with Gasteiger partial charge in [-0.2, -0.15) is 0 Å². The normalized spacial score (nSPS) is 20.1. The molecule has 0 saturated carbocycles. The lowest BCUT2D eigenvalue weighted by atomic mass is 9.88. The number of likely N-dealkylation sites (N-methyl/N-ethyl adjacent to an activating group) is 1. The largest absolute Gasteiger partial charge is 0.507 e. The molecule has 168 valence electrons. The maximum absolute atomic E-state index is 13.1. The van der Waals surface area contributed by atoms with Crippen LogP contribution in [0.3, 0.4) is 0 Å². The Morgan fingerprint density at radius 1 is 1.03 bits per heavy atom. The van der Waals surface area contributed by atoms with Gasteiger partial charge in [0.2, 0.25) is 0 Å². The average Bonchev–Trinajstić information content (AvgIpc) is 3.06. The molecule has 1 aliphatic heterocycles. The Morgan fingerprint density at radius 2 is 1.72 bits per heavy atom. The summed E-state index contributed by atoms with van der Waals surface area (Å²) in [5, 5.41) is 11.3. The number of aryl methyl sites for hydroxylation is 3. The predicted octanol–water partition coefficient (Wildman–Crippen LogP) is 4.11.